The van der Waals surface area contributed by atoms with Crippen molar-refractivity contribution in [1.29, 1.82) is 0 Å². The van der Waals surface area contributed by atoms with E-state index in [1.54, 1.807) is 0 Å². The molecule has 0 heterocycles. The molecule has 0 rings (SSSR count). The Kier molecular flexibility index (Phi) is 44.7. The summed E-state index contributed by atoms with van der Waals surface area (Å²) < 4.78 is 16.8. The summed E-state index contributed by atoms with van der Waals surface area (Å²) in [5.41, 5.74) is 0. The number of hydrogen-bond acceptors (Lipinski definition) is 6. The van der Waals surface area contributed by atoms with Crippen LogP contribution >= 0.6 is 0 Å². The topological polar surface area (TPSA) is 78.9 Å². The lowest BCUT2D eigenvalue weighted by atomic mass is 9.99. The summed E-state index contributed by atoms with van der Waals surface area (Å²) in [6.45, 7) is 11.4. The Hall–Kier alpha value is -1.59. The molecule has 0 aromatic carbocycles. The van der Waals surface area contributed by atoms with Gasteiger partial charge < -0.3 is 14.2 Å². The molecule has 6 heteroatoms. The Morgan fingerprint density at radius 2 is 0.644 bits per heavy atom. The molecule has 0 spiro atoms. The van der Waals surface area contributed by atoms with Gasteiger partial charge in [0.1, 0.15) is 13.2 Å². The van der Waals surface area contributed by atoms with Gasteiger partial charge in [0.05, 0.1) is 0 Å². The van der Waals surface area contributed by atoms with Gasteiger partial charge in [0.25, 0.3) is 0 Å². The maximum absolute atomic E-state index is 12.8. The third-order valence-electron chi connectivity index (χ3n) is 12.3. The molecule has 0 saturated heterocycles. The highest BCUT2D eigenvalue weighted by molar-refractivity contribution is 5.71. The predicted molar refractivity (Wildman–Crippen MR) is 252 cm³/mol. The number of rotatable bonds is 47. The molecule has 0 saturated carbocycles. The van der Waals surface area contributed by atoms with Gasteiger partial charge in [-0.1, -0.05) is 253 Å². The normalized spacial score (nSPS) is 12.5. The van der Waals surface area contributed by atoms with E-state index in [-0.39, 0.29) is 31.1 Å². The quantitative estimate of drug-likeness (QED) is 0.0345. The zero-order valence-electron chi connectivity index (χ0n) is 40.4. The Labute approximate surface area is 368 Å². The summed E-state index contributed by atoms with van der Waals surface area (Å²) in [6.07, 6.45) is 46.5. The van der Waals surface area contributed by atoms with Crippen LogP contribution in [0.1, 0.15) is 291 Å². The van der Waals surface area contributed by atoms with Crippen molar-refractivity contribution in [1.82, 2.24) is 0 Å². The number of hydrogen-bond donors (Lipinski definition) is 0. The van der Waals surface area contributed by atoms with Crippen molar-refractivity contribution < 1.29 is 28.6 Å². The lowest BCUT2D eigenvalue weighted by Gasteiger charge is -2.18. The minimum absolute atomic E-state index is 0.0637. The predicted octanol–water partition coefficient (Wildman–Crippen LogP) is 16.9. The Balaban J connectivity index is 4.29. The first-order valence-electron chi connectivity index (χ1n) is 26.3. The number of ether oxygens (including phenoxy) is 3. The SMILES string of the molecule is CCCCCCCCCCCCCCC(=O)O[C@H](COC(=O)CCCCCCCCCCCCCCCCC(C)C)COC(=O)CCCCCCCCCCC(C)CC. The van der Waals surface area contributed by atoms with Gasteiger partial charge in [-0.15, -0.1) is 0 Å². The van der Waals surface area contributed by atoms with Crippen molar-refractivity contribution in [2.45, 2.75) is 298 Å². The molecule has 0 N–H and O–H groups in total. The minimum Gasteiger partial charge on any atom is -0.462 e. The highest BCUT2D eigenvalue weighted by Gasteiger charge is 2.19. The summed E-state index contributed by atoms with van der Waals surface area (Å²) in [4.78, 5) is 37.9. The largest absolute Gasteiger partial charge is 0.462 e. The van der Waals surface area contributed by atoms with E-state index in [0.29, 0.717) is 19.3 Å². The second-order valence-corrected chi connectivity index (χ2v) is 18.9. The van der Waals surface area contributed by atoms with E-state index in [2.05, 4.69) is 34.6 Å². The van der Waals surface area contributed by atoms with E-state index in [1.807, 2.05) is 0 Å². The van der Waals surface area contributed by atoms with E-state index >= 15 is 0 Å². The summed E-state index contributed by atoms with van der Waals surface area (Å²) in [7, 11) is 0. The van der Waals surface area contributed by atoms with Crippen molar-refractivity contribution >= 4 is 17.9 Å². The van der Waals surface area contributed by atoms with Crippen molar-refractivity contribution in [3.63, 3.8) is 0 Å². The molecule has 350 valence electrons. The molecule has 0 fully saturated rings. The third kappa shape index (κ3) is 45.8. The molecule has 0 aromatic rings. The molecule has 0 amide bonds. The van der Waals surface area contributed by atoms with Gasteiger partial charge in [-0.05, 0) is 31.1 Å². The van der Waals surface area contributed by atoms with Gasteiger partial charge in [0.2, 0.25) is 0 Å². The van der Waals surface area contributed by atoms with Crippen LogP contribution in [0.5, 0.6) is 0 Å². The van der Waals surface area contributed by atoms with Gasteiger partial charge in [-0.3, -0.25) is 14.4 Å². The molecule has 0 aliphatic carbocycles. The number of esters is 3. The summed E-state index contributed by atoms with van der Waals surface area (Å²) in [5, 5.41) is 0. The first-order chi connectivity index (χ1) is 28.8. The molecule has 0 aliphatic rings. The van der Waals surface area contributed by atoms with Crippen LogP contribution in [0.4, 0.5) is 0 Å². The molecule has 2 atom stereocenters. The monoisotopic (exact) mass is 835 g/mol. The number of unbranched alkanes of at least 4 members (excludes halogenated alkanes) is 31. The average Bonchev–Trinajstić information content (AvgIpc) is 3.22. The van der Waals surface area contributed by atoms with Crippen LogP contribution in [0.2, 0.25) is 0 Å². The second kappa shape index (κ2) is 45.9. The van der Waals surface area contributed by atoms with Gasteiger partial charge in [-0.2, -0.15) is 0 Å². The van der Waals surface area contributed by atoms with Crippen molar-refractivity contribution in [2.24, 2.45) is 11.8 Å². The van der Waals surface area contributed by atoms with Crippen molar-refractivity contribution in [2.75, 3.05) is 13.2 Å². The smallest absolute Gasteiger partial charge is 0.306 e. The fourth-order valence-electron chi connectivity index (χ4n) is 7.96. The highest BCUT2D eigenvalue weighted by Crippen LogP contribution is 2.18. The van der Waals surface area contributed by atoms with Crippen LogP contribution in [0.25, 0.3) is 0 Å². The van der Waals surface area contributed by atoms with Crippen LogP contribution in [0, 0.1) is 11.8 Å². The van der Waals surface area contributed by atoms with E-state index in [1.165, 1.54) is 180 Å². The molecular formula is C53H102O6. The molecule has 6 nitrogen and oxygen atoms in total. The van der Waals surface area contributed by atoms with Crippen LogP contribution in [-0.4, -0.2) is 37.2 Å². The fraction of sp³-hybridized carbons (Fsp3) is 0.943. The van der Waals surface area contributed by atoms with Crippen LogP contribution in [0.3, 0.4) is 0 Å². The van der Waals surface area contributed by atoms with Gasteiger partial charge >= 0.3 is 17.9 Å². The molecular weight excluding hydrogens is 733 g/mol. The zero-order chi connectivity index (χ0) is 43.3. The minimum atomic E-state index is -0.761. The lowest BCUT2D eigenvalue weighted by molar-refractivity contribution is -0.167. The van der Waals surface area contributed by atoms with Crippen LogP contribution in [0.15, 0.2) is 0 Å². The number of carbonyl (C=O) groups excluding carboxylic acids is 3. The van der Waals surface area contributed by atoms with Gasteiger partial charge in [-0.25, -0.2) is 0 Å². The maximum atomic E-state index is 12.8. The van der Waals surface area contributed by atoms with E-state index in [4.69, 9.17) is 14.2 Å². The Bertz CT molecular complexity index is 902. The van der Waals surface area contributed by atoms with Crippen LogP contribution in [-0.2, 0) is 28.6 Å². The summed E-state index contributed by atoms with van der Waals surface area (Å²) in [6, 6.07) is 0. The lowest BCUT2D eigenvalue weighted by Crippen LogP contribution is -2.30. The van der Waals surface area contributed by atoms with Crippen LogP contribution < -0.4 is 0 Å². The molecule has 0 radical (unpaired) electrons. The first kappa shape index (κ1) is 57.4. The van der Waals surface area contributed by atoms with Gasteiger partial charge in [0.15, 0.2) is 6.10 Å². The molecule has 1 unspecified atom stereocenters. The third-order valence-corrected chi connectivity index (χ3v) is 12.3. The highest BCUT2D eigenvalue weighted by atomic mass is 16.6. The van der Waals surface area contributed by atoms with Gasteiger partial charge in [0, 0.05) is 19.3 Å². The van der Waals surface area contributed by atoms with Crippen molar-refractivity contribution in [3.05, 3.63) is 0 Å². The first-order valence-corrected chi connectivity index (χ1v) is 26.3. The van der Waals surface area contributed by atoms with E-state index in [9.17, 15) is 14.4 Å². The molecule has 59 heavy (non-hydrogen) atoms. The summed E-state index contributed by atoms with van der Waals surface area (Å²) >= 11 is 0. The standard InChI is InChI=1S/C53H102O6/c1-6-8-9-10-11-12-13-19-23-30-35-40-45-53(56)59-50(47-58-52(55)44-39-34-29-25-24-27-32-37-42-49(5)7-2)46-57-51(54)43-38-33-28-22-20-17-15-14-16-18-21-26-31-36-41-48(3)4/h48-50H,6-47H2,1-5H3/t49?,50-/m1/s1. The second-order valence-electron chi connectivity index (χ2n) is 18.9. The average molecular weight is 835 g/mol. The zero-order valence-corrected chi connectivity index (χ0v) is 40.4. The van der Waals surface area contributed by atoms with E-state index < -0.39 is 6.10 Å². The number of carbonyl (C=O) groups is 3. The van der Waals surface area contributed by atoms with Crippen molar-refractivity contribution in [3.8, 4) is 0 Å². The maximum Gasteiger partial charge on any atom is 0.306 e. The fourth-order valence-corrected chi connectivity index (χ4v) is 7.96. The molecule has 0 aliphatic heterocycles. The Morgan fingerprint density at radius 1 is 0.356 bits per heavy atom. The Morgan fingerprint density at radius 3 is 0.966 bits per heavy atom. The summed E-state index contributed by atoms with van der Waals surface area (Å²) in [5.74, 6) is 0.844. The molecule has 0 aromatic heterocycles. The van der Waals surface area contributed by atoms with E-state index in [0.717, 1.165) is 69.6 Å². The molecule has 0 bridgehead atoms.